The number of nitrogens with zero attached hydrogens (tertiary/aromatic N) is 1. The maximum Gasteiger partial charge on any atom is 0.258 e. The van der Waals surface area contributed by atoms with Crippen molar-refractivity contribution in [3.8, 4) is 11.4 Å². The summed E-state index contributed by atoms with van der Waals surface area (Å²) in [4.78, 5) is 12.1. The van der Waals surface area contributed by atoms with Crippen LogP contribution in [0.1, 0.15) is 5.56 Å². The SMILES string of the molecule is O=c1cc(OCc2ccccc2)ccn1-c1ccccc1. The molecule has 2 aromatic carbocycles. The van der Waals surface area contributed by atoms with Crippen molar-refractivity contribution < 1.29 is 4.74 Å². The third kappa shape index (κ3) is 3.20. The molecule has 0 saturated heterocycles. The summed E-state index contributed by atoms with van der Waals surface area (Å²) in [5, 5.41) is 0. The van der Waals surface area contributed by atoms with Crippen molar-refractivity contribution in [1.82, 2.24) is 4.57 Å². The lowest BCUT2D eigenvalue weighted by molar-refractivity contribution is 0.305. The molecule has 0 spiro atoms. The van der Waals surface area contributed by atoms with Gasteiger partial charge in [-0.3, -0.25) is 9.36 Å². The molecule has 0 aliphatic heterocycles. The fraction of sp³-hybridized carbons (Fsp3) is 0.0556. The first kappa shape index (κ1) is 13.2. The van der Waals surface area contributed by atoms with Crippen molar-refractivity contribution >= 4 is 0 Å². The van der Waals surface area contributed by atoms with Crippen molar-refractivity contribution in [2.45, 2.75) is 6.61 Å². The van der Waals surface area contributed by atoms with Crippen LogP contribution in [0.4, 0.5) is 0 Å². The van der Waals surface area contributed by atoms with E-state index < -0.39 is 0 Å². The van der Waals surface area contributed by atoms with Crippen LogP contribution in [0.5, 0.6) is 5.75 Å². The van der Waals surface area contributed by atoms with E-state index in [9.17, 15) is 4.79 Å². The van der Waals surface area contributed by atoms with Crippen LogP contribution in [0.15, 0.2) is 83.8 Å². The normalized spacial score (nSPS) is 10.3. The number of rotatable bonds is 4. The fourth-order valence-electron chi connectivity index (χ4n) is 2.09. The van der Waals surface area contributed by atoms with Crippen LogP contribution in [-0.2, 0) is 6.61 Å². The van der Waals surface area contributed by atoms with Gasteiger partial charge in [-0.2, -0.15) is 0 Å². The highest BCUT2D eigenvalue weighted by atomic mass is 16.5. The molecule has 104 valence electrons. The smallest absolute Gasteiger partial charge is 0.258 e. The molecule has 3 rings (SSSR count). The second-order valence-corrected chi connectivity index (χ2v) is 4.68. The first-order valence-corrected chi connectivity index (χ1v) is 6.78. The van der Waals surface area contributed by atoms with Gasteiger partial charge in [0.15, 0.2) is 0 Å². The quantitative estimate of drug-likeness (QED) is 0.731. The lowest BCUT2D eigenvalue weighted by Gasteiger charge is -2.09. The molecule has 3 aromatic rings. The molecule has 0 radical (unpaired) electrons. The Balaban J connectivity index is 1.77. The molecule has 0 aliphatic carbocycles. The Bertz CT molecular complexity index is 764. The van der Waals surface area contributed by atoms with Gasteiger partial charge in [0, 0.05) is 18.0 Å². The first-order chi connectivity index (χ1) is 10.3. The van der Waals surface area contributed by atoms with Crippen molar-refractivity contribution in [2.75, 3.05) is 0 Å². The van der Waals surface area contributed by atoms with Crippen LogP contribution >= 0.6 is 0 Å². The Kier molecular flexibility index (Phi) is 3.83. The summed E-state index contributed by atoms with van der Waals surface area (Å²) in [5.74, 6) is 0.580. The monoisotopic (exact) mass is 277 g/mol. The molecule has 0 saturated carbocycles. The maximum absolute atomic E-state index is 12.1. The molecule has 1 heterocycles. The highest BCUT2D eigenvalue weighted by Crippen LogP contribution is 2.11. The van der Waals surface area contributed by atoms with Gasteiger partial charge in [0.2, 0.25) is 0 Å². The van der Waals surface area contributed by atoms with E-state index in [0.717, 1.165) is 11.3 Å². The van der Waals surface area contributed by atoms with Gasteiger partial charge in [-0.1, -0.05) is 48.5 Å². The lowest BCUT2D eigenvalue weighted by Crippen LogP contribution is -2.16. The minimum absolute atomic E-state index is 0.105. The summed E-state index contributed by atoms with van der Waals surface area (Å²) < 4.78 is 7.24. The zero-order valence-electron chi connectivity index (χ0n) is 11.5. The van der Waals surface area contributed by atoms with Crippen molar-refractivity contribution in [1.29, 1.82) is 0 Å². The fourth-order valence-corrected chi connectivity index (χ4v) is 2.09. The number of ether oxygens (including phenoxy) is 1. The van der Waals surface area contributed by atoms with Gasteiger partial charge in [-0.15, -0.1) is 0 Å². The van der Waals surface area contributed by atoms with E-state index in [4.69, 9.17) is 4.74 Å². The summed E-state index contributed by atoms with van der Waals surface area (Å²) in [6, 6.07) is 22.7. The van der Waals surface area contributed by atoms with Crippen LogP contribution in [0, 0.1) is 0 Å². The number of aromatic nitrogens is 1. The predicted octanol–water partition coefficient (Wildman–Crippen LogP) is 3.42. The van der Waals surface area contributed by atoms with E-state index >= 15 is 0 Å². The zero-order chi connectivity index (χ0) is 14.5. The summed E-state index contributed by atoms with van der Waals surface area (Å²) >= 11 is 0. The van der Waals surface area contributed by atoms with E-state index in [0.29, 0.717) is 12.4 Å². The third-order valence-corrected chi connectivity index (χ3v) is 3.17. The zero-order valence-corrected chi connectivity index (χ0v) is 11.5. The van der Waals surface area contributed by atoms with Crippen LogP contribution < -0.4 is 10.3 Å². The number of para-hydroxylation sites is 1. The molecule has 3 nitrogen and oxygen atoms in total. The van der Waals surface area contributed by atoms with Crippen LogP contribution in [0.2, 0.25) is 0 Å². The van der Waals surface area contributed by atoms with Gasteiger partial charge in [-0.25, -0.2) is 0 Å². The minimum atomic E-state index is -0.105. The standard InChI is InChI=1S/C18H15NO2/c20-18-13-17(21-14-15-7-3-1-4-8-15)11-12-19(18)16-9-5-2-6-10-16/h1-13H,14H2. The van der Waals surface area contributed by atoms with Crippen LogP contribution in [-0.4, -0.2) is 4.57 Å². The molecular weight excluding hydrogens is 262 g/mol. The van der Waals surface area contributed by atoms with Gasteiger partial charge < -0.3 is 4.74 Å². The third-order valence-electron chi connectivity index (χ3n) is 3.17. The van der Waals surface area contributed by atoms with Crippen molar-refractivity contribution in [3.63, 3.8) is 0 Å². The Morgan fingerprint density at radius 2 is 1.52 bits per heavy atom. The van der Waals surface area contributed by atoms with E-state index in [1.54, 1.807) is 16.8 Å². The highest BCUT2D eigenvalue weighted by Gasteiger charge is 2.02. The lowest BCUT2D eigenvalue weighted by atomic mass is 10.2. The first-order valence-electron chi connectivity index (χ1n) is 6.78. The average Bonchev–Trinajstić information content (AvgIpc) is 2.55. The topological polar surface area (TPSA) is 31.2 Å². The second-order valence-electron chi connectivity index (χ2n) is 4.68. The molecule has 0 aliphatic rings. The summed E-state index contributed by atoms with van der Waals surface area (Å²) in [5.41, 5.74) is 1.81. The Labute approximate surface area is 123 Å². The molecular formula is C18H15NO2. The molecule has 0 N–H and O–H groups in total. The minimum Gasteiger partial charge on any atom is -0.489 e. The van der Waals surface area contributed by atoms with Gasteiger partial charge in [0.25, 0.3) is 5.56 Å². The highest BCUT2D eigenvalue weighted by molar-refractivity contribution is 5.33. The van der Waals surface area contributed by atoms with Crippen molar-refractivity contribution in [2.24, 2.45) is 0 Å². The van der Waals surface area contributed by atoms with Gasteiger partial charge in [-0.05, 0) is 23.8 Å². The van der Waals surface area contributed by atoms with Gasteiger partial charge in [0.1, 0.15) is 12.4 Å². The second kappa shape index (κ2) is 6.09. The number of pyridine rings is 1. The van der Waals surface area contributed by atoms with Crippen molar-refractivity contribution in [3.05, 3.63) is 94.9 Å². The molecule has 21 heavy (non-hydrogen) atoms. The number of hydrogen-bond donors (Lipinski definition) is 0. The molecule has 0 atom stereocenters. The molecule has 1 aromatic heterocycles. The van der Waals surface area contributed by atoms with Gasteiger partial charge in [0.05, 0.1) is 0 Å². The summed E-state index contributed by atoms with van der Waals surface area (Å²) in [7, 11) is 0. The number of benzene rings is 2. The molecule has 0 unspecified atom stereocenters. The predicted molar refractivity (Wildman–Crippen MR) is 82.8 cm³/mol. The van der Waals surface area contributed by atoms with E-state index in [2.05, 4.69) is 0 Å². The van der Waals surface area contributed by atoms with Crippen LogP contribution in [0.3, 0.4) is 0 Å². The Morgan fingerprint density at radius 1 is 0.857 bits per heavy atom. The largest absolute Gasteiger partial charge is 0.489 e. The number of hydrogen-bond acceptors (Lipinski definition) is 2. The molecule has 0 amide bonds. The van der Waals surface area contributed by atoms with E-state index in [1.807, 2.05) is 60.7 Å². The Morgan fingerprint density at radius 3 is 2.19 bits per heavy atom. The van der Waals surface area contributed by atoms with Gasteiger partial charge >= 0.3 is 0 Å². The maximum atomic E-state index is 12.1. The van der Waals surface area contributed by atoms with E-state index in [1.165, 1.54) is 6.07 Å². The summed E-state index contributed by atoms with van der Waals surface area (Å²) in [6.07, 6.45) is 1.73. The van der Waals surface area contributed by atoms with Crippen LogP contribution in [0.25, 0.3) is 5.69 Å². The molecule has 0 fully saturated rings. The summed E-state index contributed by atoms with van der Waals surface area (Å²) in [6.45, 7) is 0.454. The Hall–Kier alpha value is -2.81. The van der Waals surface area contributed by atoms with E-state index in [-0.39, 0.29) is 5.56 Å². The average molecular weight is 277 g/mol. The molecule has 3 heteroatoms. The molecule has 0 bridgehead atoms.